The van der Waals surface area contributed by atoms with Crippen LogP contribution in [0.5, 0.6) is 0 Å². The van der Waals surface area contributed by atoms with Crippen molar-refractivity contribution in [3.05, 3.63) is 22.4 Å². The summed E-state index contributed by atoms with van der Waals surface area (Å²) in [5, 5.41) is 14.6. The van der Waals surface area contributed by atoms with Crippen LogP contribution in [0.3, 0.4) is 0 Å². The minimum atomic E-state index is -0.560. The lowest BCUT2D eigenvalue weighted by Gasteiger charge is -2.24. The van der Waals surface area contributed by atoms with E-state index in [1.807, 2.05) is 25.3 Å². The Bertz CT molecular complexity index is 371. The fourth-order valence-electron chi connectivity index (χ4n) is 1.57. The monoisotopic (exact) mass is 269 g/mol. The van der Waals surface area contributed by atoms with Crippen molar-refractivity contribution in [3.63, 3.8) is 0 Å². The molecule has 1 unspecified atom stereocenters. The van der Waals surface area contributed by atoms with Crippen LogP contribution in [0.4, 0.5) is 0 Å². The molecule has 0 bridgehead atoms. The van der Waals surface area contributed by atoms with Crippen molar-refractivity contribution in [3.8, 4) is 0 Å². The highest BCUT2D eigenvalue weighted by Crippen LogP contribution is 2.26. The standard InChI is InChI=1S/C14H23NO2S/c1-10(2)11(16)8-13(17)15-9-14(3,4)12-6-5-7-18-12/h5-7,10-11,16H,8-9H2,1-4H3,(H,15,17). The normalized spacial score (nSPS) is 13.7. The predicted molar refractivity (Wildman–Crippen MR) is 75.8 cm³/mol. The molecule has 0 aliphatic rings. The molecular weight excluding hydrogens is 246 g/mol. The fourth-order valence-corrected chi connectivity index (χ4v) is 2.42. The minimum absolute atomic E-state index is 0.0629. The van der Waals surface area contributed by atoms with E-state index in [1.165, 1.54) is 4.88 Å². The summed E-state index contributed by atoms with van der Waals surface area (Å²) in [7, 11) is 0. The van der Waals surface area contributed by atoms with Gasteiger partial charge in [-0.2, -0.15) is 0 Å². The maximum Gasteiger partial charge on any atom is 0.222 e. The molecule has 0 aromatic carbocycles. The van der Waals surface area contributed by atoms with Gasteiger partial charge in [0.15, 0.2) is 0 Å². The highest BCUT2D eigenvalue weighted by molar-refractivity contribution is 7.10. The van der Waals surface area contributed by atoms with Crippen molar-refractivity contribution >= 4 is 17.2 Å². The van der Waals surface area contributed by atoms with Crippen LogP contribution in [0.1, 0.15) is 39.0 Å². The largest absolute Gasteiger partial charge is 0.392 e. The van der Waals surface area contributed by atoms with Crippen molar-refractivity contribution in [2.45, 2.75) is 45.6 Å². The average Bonchev–Trinajstić information content (AvgIpc) is 2.80. The van der Waals surface area contributed by atoms with Crippen molar-refractivity contribution in [1.82, 2.24) is 5.32 Å². The molecule has 18 heavy (non-hydrogen) atoms. The Morgan fingerprint density at radius 2 is 2.17 bits per heavy atom. The van der Waals surface area contributed by atoms with E-state index in [0.717, 1.165) is 0 Å². The van der Waals surface area contributed by atoms with E-state index < -0.39 is 6.10 Å². The molecule has 2 N–H and O–H groups in total. The summed E-state index contributed by atoms with van der Waals surface area (Å²) in [6.45, 7) is 8.63. The molecule has 0 aliphatic heterocycles. The van der Waals surface area contributed by atoms with Crippen molar-refractivity contribution in [2.24, 2.45) is 5.92 Å². The Hall–Kier alpha value is -0.870. The summed E-state index contributed by atoms with van der Waals surface area (Å²) in [6.07, 6.45) is -0.382. The zero-order chi connectivity index (χ0) is 13.8. The van der Waals surface area contributed by atoms with Crippen LogP contribution in [0, 0.1) is 5.92 Å². The molecule has 0 spiro atoms. The van der Waals surface area contributed by atoms with Gasteiger partial charge in [0.1, 0.15) is 0 Å². The van der Waals surface area contributed by atoms with Gasteiger partial charge in [-0.15, -0.1) is 11.3 Å². The number of nitrogens with one attached hydrogen (secondary N) is 1. The predicted octanol–water partition coefficient (Wildman–Crippen LogP) is 2.55. The molecule has 4 heteroatoms. The van der Waals surface area contributed by atoms with E-state index in [9.17, 15) is 9.90 Å². The zero-order valence-corrected chi connectivity index (χ0v) is 12.4. The third-order valence-corrected chi connectivity index (χ3v) is 4.32. The van der Waals surface area contributed by atoms with E-state index in [4.69, 9.17) is 0 Å². The number of hydrogen-bond donors (Lipinski definition) is 2. The molecule has 1 aromatic rings. The van der Waals surface area contributed by atoms with Gasteiger partial charge in [0.2, 0.25) is 5.91 Å². The zero-order valence-electron chi connectivity index (χ0n) is 11.6. The first-order valence-corrected chi connectivity index (χ1v) is 7.19. The first-order chi connectivity index (χ1) is 8.33. The van der Waals surface area contributed by atoms with Crippen molar-refractivity contribution in [1.29, 1.82) is 0 Å². The average molecular weight is 269 g/mol. The summed E-state index contributed by atoms with van der Waals surface area (Å²) in [5.74, 6) is 0.0295. The highest BCUT2D eigenvalue weighted by atomic mass is 32.1. The smallest absolute Gasteiger partial charge is 0.222 e. The lowest BCUT2D eigenvalue weighted by molar-refractivity contribution is -0.123. The molecule has 3 nitrogen and oxygen atoms in total. The second-order valence-electron chi connectivity index (χ2n) is 5.65. The van der Waals surface area contributed by atoms with E-state index in [1.54, 1.807) is 11.3 Å². The maximum atomic E-state index is 11.7. The molecule has 0 radical (unpaired) electrons. The van der Waals surface area contributed by atoms with Crippen LogP contribution >= 0.6 is 11.3 Å². The van der Waals surface area contributed by atoms with Crippen LogP contribution in [0.2, 0.25) is 0 Å². The van der Waals surface area contributed by atoms with E-state index >= 15 is 0 Å². The molecule has 0 fully saturated rings. The van der Waals surface area contributed by atoms with Gasteiger partial charge in [0.05, 0.1) is 12.5 Å². The van der Waals surface area contributed by atoms with E-state index in [2.05, 4.69) is 25.2 Å². The van der Waals surface area contributed by atoms with Crippen molar-refractivity contribution in [2.75, 3.05) is 6.54 Å². The van der Waals surface area contributed by atoms with Crippen LogP contribution in [0.25, 0.3) is 0 Å². The Morgan fingerprint density at radius 1 is 1.50 bits per heavy atom. The van der Waals surface area contributed by atoms with Gasteiger partial charge in [-0.1, -0.05) is 33.8 Å². The van der Waals surface area contributed by atoms with Gasteiger partial charge >= 0.3 is 0 Å². The number of hydrogen-bond acceptors (Lipinski definition) is 3. The molecule has 1 atom stereocenters. The first-order valence-electron chi connectivity index (χ1n) is 6.31. The molecule has 1 rings (SSSR count). The molecule has 1 heterocycles. The minimum Gasteiger partial charge on any atom is -0.392 e. The highest BCUT2D eigenvalue weighted by Gasteiger charge is 2.23. The molecule has 1 amide bonds. The second kappa shape index (κ2) is 6.34. The first kappa shape index (κ1) is 15.2. The van der Waals surface area contributed by atoms with Gasteiger partial charge in [-0.05, 0) is 17.4 Å². The van der Waals surface area contributed by atoms with Crippen LogP contribution in [0.15, 0.2) is 17.5 Å². The Balaban J connectivity index is 2.43. The molecule has 0 aliphatic carbocycles. The van der Waals surface area contributed by atoms with Gasteiger partial charge in [0.25, 0.3) is 0 Å². The van der Waals surface area contributed by atoms with Crippen LogP contribution in [-0.4, -0.2) is 23.7 Å². The maximum absolute atomic E-state index is 11.7. The number of thiophene rings is 1. The second-order valence-corrected chi connectivity index (χ2v) is 6.60. The summed E-state index contributed by atoms with van der Waals surface area (Å²) in [6, 6.07) is 4.10. The number of amides is 1. The Kier molecular flexibility index (Phi) is 5.35. The van der Waals surface area contributed by atoms with Gasteiger partial charge in [-0.3, -0.25) is 4.79 Å². The molecule has 0 saturated heterocycles. The molecule has 1 aromatic heterocycles. The molecule has 102 valence electrons. The summed E-state index contributed by atoms with van der Waals surface area (Å²) in [5.41, 5.74) is -0.0629. The number of rotatable bonds is 6. The van der Waals surface area contributed by atoms with Crippen LogP contribution in [-0.2, 0) is 10.2 Å². The SMILES string of the molecule is CC(C)C(O)CC(=O)NCC(C)(C)c1cccs1. The third kappa shape index (κ3) is 4.42. The van der Waals surface area contributed by atoms with Gasteiger partial charge < -0.3 is 10.4 Å². The fraction of sp³-hybridized carbons (Fsp3) is 0.643. The number of carbonyl (C=O) groups excluding carboxylic acids is 1. The molecule has 0 saturated carbocycles. The lowest BCUT2D eigenvalue weighted by atomic mass is 9.91. The quantitative estimate of drug-likeness (QED) is 0.834. The summed E-state index contributed by atoms with van der Waals surface area (Å²) < 4.78 is 0. The number of aliphatic hydroxyl groups is 1. The third-order valence-electron chi connectivity index (χ3n) is 3.08. The lowest BCUT2D eigenvalue weighted by Crippen LogP contribution is -2.38. The Morgan fingerprint density at radius 3 is 2.67 bits per heavy atom. The van der Waals surface area contributed by atoms with Gasteiger partial charge in [-0.25, -0.2) is 0 Å². The van der Waals surface area contributed by atoms with E-state index in [0.29, 0.717) is 6.54 Å². The van der Waals surface area contributed by atoms with E-state index in [-0.39, 0.29) is 23.7 Å². The van der Waals surface area contributed by atoms with Crippen LogP contribution < -0.4 is 5.32 Å². The number of aliphatic hydroxyl groups excluding tert-OH is 1. The summed E-state index contributed by atoms with van der Waals surface area (Å²) in [4.78, 5) is 13.0. The van der Waals surface area contributed by atoms with Crippen molar-refractivity contribution < 1.29 is 9.90 Å². The molecular formula is C14H23NO2S. The topological polar surface area (TPSA) is 49.3 Å². The number of carbonyl (C=O) groups is 1. The Labute approximate surface area is 113 Å². The van der Waals surface area contributed by atoms with Gasteiger partial charge in [0, 0.05) is 16.8 Å². The summed E-state index contributed by atoms with van der Waals surface area (Å²) >= 11 is 1.70.